The predicted molar refractivity (Wildman–Crippen MR) is 79.1 cm³/mol. The van der Waals surface area contributed by atoms with Gasteiger partial charge in [-0.25, -0.2) is 0 Å². The average Bonchev–Trinajstić information content (AvgIpc) is 2.67. The van der Waals surface area contributed by atoms with E-state index in [-0.39, 0.29) is 11.8 Å². The normalized spacial score (nSPS) is 27.2. The van der Waals surface area contributed by atoms with Crippen molar-refractivity contribution < 1.29 is 4.79 Å². The van der Waals surface area contributed by atoms with Crippen molar-refractivity contribution in [3.8, 4) is 0 Å². The van der Waals surface area contributed by atoms with Crippen molar-refractivity contribution >= 4 is 5.91 Å². The van der Waals surface area contributed by atoms with Crippen LogP contribution in [0.4, 0.5) is 0 Å². The molecule has 0 spiro atoms. The van der Waals surface area contributed by atoms with E-state index in [1.165, 1.54) is 51.5 Å². The number of likely N-dealkylation sites (tertiary alicyclic amines) is 1. The lowest BCUT2D eigenvalue weighted by Crippen LogP contribution is -2.51. The van der Waals surface area contributed by atoms with Gasteiger partial charge >= 0.3 is 0 Å². The molecule has 1 atom stereocenters. The highest BCUT2D eigenvalue weighted by Gasteiger charge is 2.27. The molecule has 1 aliphatic carbocycles. The Kier molecular flexibility index (Phi) is 5.68. The van der Waals surface area contributed by atoms with Crippen LogP contribution in [0.3, 0.4) is 0 Å². The van der Waals surface area contributed by atoms with Gasteiger partial charge in [0.1, 0.15) is 0 Å². The first-order valence-electron chi connectivity index (χ1n) is 8.21. The number of piperidine rings is 1. The van der Waals surface area contributed by atoms with Crippen LogP contribution in [-0.4, -0.2) is 36.0 Å². The minimum Gasteiger partial charge on any atom is -0.352 e. The van der Waals surface area contributed by atoms with Crippen LogP contribution in [0.25, 0.3) is 0 Å². The molecule has 110 valence electrons. The highest BCUT2D eigenvalue weighted by Crippen LogP contribution is 2.24. The molecule has 3 nitrogen and oxygen atoms in total. The summed E-state index contributed by atoms with van der Waals surface area (Å²) in [6, 6.07) is 1.16. The molecule has 0 aromatic heterocycles. The first-order chi connectivity index (χ1) is 9.16. The molecule has 0 unspecified atom stereocenters. The summed E-state index contributed by atoms with van der Waals surface area (Å²) < 4.78 is 0. The van der Waals surface area contributed by atoms with Crippen molar-refractivity contribution in [1.82, 2.24) is 10.2 Å². The molecule has 3 heteroatoms. The number of nitrogens with zero attached hydrogens (tertiary/aromatic N) is 1. The molecule has 19 heavy (non-hydrogen) atoms. The van der Waals surface area contributed by atoms with Gasteiger partial charge in [0.25, 0.3) is 0 Å². The number of amides is 1. The van der Waals surface area contributed by atoms with E-state index in [2.05, 4.69) is 10.2 Å². The standard InChI is InChI=1S/C16H30N2O/c1-13(2)16(19)17-14-8-7-11-18(12-14)15-9-5-3-4-6-10-15/h13-15H,3-12H2,1-2H3,(H,17,19)/t14-/m1/s1. The van der Waals surface area contributed by atoms with Crippen LogP contribution in [0.1, 0.15) is 65.2 Å². The lowest BCUT2D eigenvalue weighted by atomic mass is 9.99. The van der Waals surface area contributed by atoms with E-state index < -0.39 is 0 Å². The first-order valence-corrected chi connectivity index (χ1v) is 8.21. The topological polar surface area (TPSA) is 32.3 Å². The number of hydrogen-bond donors (Lipinski definition) is 1. The second-order valence-corrected chi connectivity index (χ2v) is 6.64. The Morgan fingerprint density at radius 1 is 1.05 bits per heavy atom. The van der Waals surface area contributed by atoms with Crippen molar-refractivity contribution in [2.24, 2.45) is 5.92 Å². The maximum Gasteiger partial charge on any atom is 0.222 e. The molecular formula is C16H30N2O. The van der Waals surface area contributed by atoms with Crippen molar-refractivity contribution in [3.05, 3.63) is 0 Å². The molecule has 2 fully saturated rings. The number of rotatable bonds is 3. The van der Waals surface area contributed by atoms with E-state index in [1.807, 2.05) is 13.8 Å². The van der Waals surface area contributed by atoms with Gasteiger partial charge in [-0.05, 0) is 32.2 Å². The lowest BCUT2D eigenvalue weighted by molar-refractivity contribution is -0.125. The monoisotopic (exact) mass is 266 g/mol. The Morgan fingerprint density at radius 3 is 2.37 bits per heavy atom. The van der Waals surface area contributed by atoms with E-state index in [0.29, 0.717) is 6.04 Å². The summed E-state index contributed by atoms with van der Waals surface area (Å²) in [5.41, 5.74) is 0. The van der Waals surface area contributed by atoms with Gasteiger partial charge in [-0.1, -0.05) is 39.5 Å². The zero-order valence-electron chi connectivity index (χ0n) is 12.7. The van der Waals surface area contributed by atoms with E-state index in [0.717, 1.165) is 19.0 Å². The van der Waals surface area contributed by atoms with E-state index in [1.54, 1.807) is 0 Å². The van der Waals surface area contributed by atoms with Crippen molar-refractivity contribution in [2.75, 3.05) is 13.1 Å². The van der Waals surface area contributed by atoms with Gasteiger partial charge in [0.05, 0.1) is 0 Å². The molecular weight excluding hydrogens is 236 g/mol. The van der Waals surface area contributed by atoms with Gasteiger partial charge in [0.2, 0.25) is 5.91 Å². The van der Waals surface area contributed by atoms with Crippen molar-refractivity contribution in [2.45, 2.75) is 77.3 Å². The number of carbonyl (C=O) groups excluding carboxylic acids is 1. The van der Waals surface area contributed by atoms with Crippen LogP contribution in [0, 0.1) is 5.92 Å². The molecule has 2 rings (SSSR count). The van der Waals surface area contributed by atoms with Gasteiger partial charge in [0, 0.05) is 24.5 Å². The van der Waals surface area contributed by atoms with Crippen LogP contribution in [0.2, 0.25) is 0 Å². The molecule has 1 saturated heterocycles. The molecule has 1 heterocycles. The molecule has 1 saturated carbocycles. The lowest BCUT2D eigenvalue weighted by Gasteiger charge is -2.38. The second kappa shape index (κ2) is 7.28. The van der Waals surface area contributed by atoms with Crippen LogP contribution in [0.15, 0.2) is 0 Å². The van der Waals surface area contributed by atoms with Crippen LogP contribution in [0.5, 0.6) is 0 Å². The molecule has 1 N–H and O–H groups in total. The van der Waals surface area contributed by atoms with E-state index in [9.17, 15) is 4.79 Å². The van der Waals surface area contributed by atoms with Gasteiger partial charge in [-0.3, -0.25) is 9.69 Å². The van der Waals surface area contributed by atoms with Gasteiger partial charge < -0.3 is 5.32 Å². The number of carbonyl (C=O) groups is 1. The van der Waals surface area contributed by atoms with Crippen LogP contribution < -0.4 is 5.32 Å². The summed E-state index contributed by atoms with van der Waals surface area (Å²) in [4.78, 5) is 14.5. The molecule has 1 amide bonds. The van der Waals surface area contributed by atoms with Gasteiger partial charge in [-0.15, -0.1) is 0 Å². The summed E-state index contributed by atoms with van der Waals surface area (Å²) in [5, 5.41) is 3.22. The maximum absolute atomic E-state index is 11.8. The zero-order valence-corrected chi connectivity index (χ0v) is 12.7. The molecule has 0 aromatic carbocycles. The second-order valence-electron chi connectivity index (χ2n) is 6.64. The minimum atomic E-state index is 0.105. The fraction of sp³-hybridized carbons (Fsp3) is 0.938. The third-order valence-electron chi connectivity index (χ3n) is 4.66. The van der Waals surface area contributed by atoms with Crippen molar-refractivity contribution in [3.63, 3.8) is 0 Å². The molecule has 1 aliphatic heterocycles. The van der Waals surface area contributed by atoms with E-state index >= 15 is 0 Å². The smallest absolute Gasteiger partial charge is 0.222 e. The summed E-state index contributed by atoms with van der Waals surface area (Å²) >= 11 is 0. The molecule has 0 bridgehead atoms. The Hall–Kier alpha value is -0.570. The SMILES string of the molecule is CC(C)C(=O)N[C@@H]1CCCN(C2CCCCCC2)C1. The minimum absolute atomic E-state index is 0.105. The van der Waals surface area contributed by atoms with Crippen molar-refractivity contribution in [1.29, 1.82) is 0 Å². The molecule has 0 radical (unpaired) electrons. The Labute approximate surface area is 118 Å². The van der Waals surface area contributed by atoms with Gasteiger partial charge in [-0.2, -0.15) is 0 Å². The Balaban J connectivity index is 1.83. The predicted octanol–water partition coefficient (Wildman–Crippen LogP) is 2.95. The molecule has 0 aromatic rings. The van der Waals surface area contributed by atoms with Crippen LogP contribution >= 0.6 is 0 Å². The van der Waals surface area contributed by atoms with Crippen LogP contribution in [-0.2, 0) is 4.79 Å². The van der Waals surface area contributed by atoms with Gasteiger partial charge in [0.15, 0.2) is 0 Å². The number of nitrogens with one attached hydrogen (secondary N) is 1. The Bertz CT molecular complexity index is 282. The van der Waals surface area contributed by atoms with E-state index in [4.69, 9.17) is 0 Å². The largest absolute Gasteiger partial charge is 0.352 e. The Morgan fingerprint density at radius 2 is 1.74 bits per heavy atom. The summed E-state index contributed by atoms with van der Waals surface area (Å²) in [6.07, 6.45) is 10.7. The summed E-state index contributed by atoms with van der Waals surface area (Å²) in [7, 11) is 0. The third kappa shape index (κ3) is 4.48. The number of hydrogen-bond acceptors (Lipinski definition) is 2. The fourth-order valence-electron chi connectivity index (χ4n) is 3.45. The third-order valence-corrected chi connectivity index (χ3v) is 4.66. The maximum atomic E-state index is 11.8. The average molecular weight is 266 g/mol. The summed E-state index contributed by atoms with van der Waals surface area (Å²) in [6.45, 7) is 6.25. The highest BCUT2D eigenvalue weighted by atomic mass is 16.1. The quantitative estimate of drug-likeness (QED) is 0.797. The highest BCUT2D eigenvalue weighted by molar-refractivity contribution is 5.78. The zero-order chi connectivity index (χ0) is 13.7. The molecule has 2 aliphatic rings. The summed E-state index contributed by atoms with van der Waals surface area (Å²) in [5.74, 6) is 0.320. The fourth-order valence-corrected chi connectivity index (χ4v) is 3.45. The first kappa shape index (κ1) is 14.8.